The fourth-order valence-corrected chi connectivity index (χ4v) is 10.2. The van der Waals surface area contributed by atoms with E-state index in [-0.39, 0.29) is 23.9 Å². The van der Waals surface area contributed by atoms with Gasteiger partial charge in [0.25, 0.3) is 0 Å². The molecule has 5 fully saturated rings. The Kier molecular flexibility index (Phi) is 9.04. The second-order valence-corrected chi connectivity index (χ2v) is 16.4. The lowest BCUT2D eigenvalue weighted by Crippen LogP contribution is -2.53. The van der Waals surface area contributed by atoms with E-state index in [9.17, 15) is 18.0 Å². The maximum atomic E-state index is 14.1. The summed E-state index contributed by atoms with van der Waals surface area (Å²) < 4.78 is 27.5. The topological polar surface area (TPSA) is 86.8 Å². The maximum absolute atomic E-state index is 14.1. The normalized spacial score (nSPS) is 26.8. The van der Waals surface area contributed by atoms with E-state index in [2.05, 4.69) is 17.4 Å². The minimum Gasteiger partial charge on any atom is -0.352 e. The molecule has 238 valence electrons. The zero-order chi connectivity index (χ0) is 31.1. The molecule has 0 aromatic heterocycles. The van der Waals surface area contributed by atoms with Crippen molar-refractivity contribution in [3.8, 4) is 0 Å². The first-order valence-electron chi connectivity index (χ1n) is 16.5. The molecular weight excluding hydrogens is 594 g/mol. The van der Waals surface area contributed by atoms with Crippen LogP contribution in [0.1, 0.15) is 88.7 Å². The Balaban J connectivity index is 1.25. The van der Waals surface area contributed by atoms with Gasteiger partial charge in [0.1, 0.15) is 12.6 Å². The van der Waals surface area contributed by atoms with Gasteiger partial charge in [-0.2, -0.15) is 0 Å². The van der Waals surface area contributed by atoms with Crippen molar-refractivity contribution in [1.29, 1.82) is 0 Å². The molecule has 5 aliphatic rings. The van der Waals surface area contributed by atoms with Crippen LogP contribution in [0.5, 0.6) is 0 Å². The number of nitrogens with zero attached hydrogens (tertiary/aromatic N) is 2. The maximum Gasteiger partial charge on any atom is 0.244 e. The molecule has 4 bridgehead atoms. The summed E-state index contributed by atoms with van der Waals surface area (Å²) in [4.78, 5) is 29.2. The molecule has 5 saturated carbocycles. The van der Waals surface area contributed by atoms with Gasteiger partial charge in [0.05, 0.1) is 11.9 Å². The number of rotatable bonds is 11. The van der Waals surface area contributed by atoms with Crippen molar-refractivity contribution in [2.75, 3.05) is 17.1 Å². The van der Waals surface area contributed by atoms with Crippen LogP contribution in [0.3, 0.4) is 0 Å². The Labute approximate surface area is 267 Å². The molecule has 0 radical (unpaired) electrons. The predicted molar refractivity (Wildman–Crippen MR) is 175 cm³/mol. The van der Waals surface area contributed by atoms with E-state index in [0.717, 1.165) is 49.7 Å². The summed E-state index contributed by atoms with van der Waals surface area (Å²) in [7, 11) is -3.80. The highest BCUT2D eigenvalue weighted by molar-refractivity contribution is 7.92. The number of hydrogen-bond acceptors (Lipinski definition) is 4. The number of halogens is 1. The van der Waals surface area contributed by atoms with E-state index in [1.54, 1.807) is 6.07 Å². The van der Waals surface area contributed by atoms with E-state index >= 15 is 0 Å². The van der Waals surface area contributed by atoms with Crippen LogP contribution < -0.4 is 9.62 Å². The van der Waals surface area contributed by atoms with Crippen molar-refractivity contribution in [2.45, 2.75) is 102 Å². The highest BCUT2D eigenvalue weighted by Gasteiger charge is 2.51. The summed E-state index contributed by atoms with van der Waals surface area (Å²) in [5.74, 6) is 1.80. The van der Waals surface area contributed by atoms with Gasteiger partial charge >= 0.3 is 0 Å². The van der Waals surface area contributed by atoms with E-state index in [1.165, 1.54) is 53.3 Å². The fourth-order valence-electron chi connectivity index (χ4n) is 9.16. The van der Waals surface area contributed by atoms with E-state index in [1.807, 2.05) is 37.3 Å². The van der Waals surface area contributed by atoms with Crippen LogP contribution in [-0.4, -0.2) is 50.0 Å². The minimum absolute atomic E-state index is 0.105. The van der Waals surface area contributed by atoms with Gasteiger partial charge in [0, 0.05) is 17.6 Å². The number of anilines is 1. The molecule has 0 saturated heterocycles. The largest absolute Gasteiger partial charge is 0.352 e. The molecule has 0 spiro atoms. The van der Waals surface area contributed by atoms with E-state index in [4.69, 9.17) is 11.6 Å². The van der Waals surface area contributed by atoms with Crippen LogP contribution in [0.4, 0.5) is 5.69 Å². The van der Waals surface area contributed by atoms with Gasteiger partial charge in [-0.3, -0.25) is 13.9 Å². The zero-order valence-corrected chi connectivity index (χ0v) is 27.6. The molecule has 44 heavy (non-hydrogen) atoms. The average molecular weight is 640 g/mol. The third-order valence-corrected chi connectivity index (χ3v) is 12.4. The third-order valence-electron chi connectivity index (χ3n) is 10.9. The standard InChI is InChI=1S/C35H46ClN3O4S/c1-3-32(34(41)37-29-9-5-6-10-29)38(22-27-8-4-7-11-31(27)36)33(40)23-39(44(2,42)43)30-14-12-28(13-15-30)35-19-24-16-25(20-35)18-26(17-24)21-35/h4,7-8,11-15,24-26,29,32H,3,5-6,9-10,16-23H2,1-2H3,(H,37,41). The highest BCUT2D eigenvalue weighted by Crippen LogP contribution is 2.60. The quantitative estimate of drug-likeness (QED) is 0.307. The zero-order valence-electron chi connectivity index (χ0n) is 26.0. The summed E-state index contributed by atoms with van der Waals surface area (Å²) in [5, 5.41) is 3.64. The van der Waals surface area contributed by atoms with Gasteiger partial charge in [-0.05, 0) is 110 Å². The Morgan fingerprint density at radius 3 is 2.09 bits per heavy atom. The van der Waals surface area contributed by atoms with Gasteiger partial charge < -0.3 is 10.2 Å². The van der Waals surface area contributed by atoms with Crippen molar-refractivity contribution in [1.82, 2.24) is 10.2 Å². The summed E-state index contributed by atoms with van der Waals surface area (Å²) >= 11 is 6.49. The first-order valence-corrected chi connectivity index (χ1v) is 18.7. The van der Waals surface area contributed by atoms with Gasteiger partial charge in [-0.15, -0.1) is 0 Å². The summed E-state index contributed by atoms with van der Waals surface area (Å²) in [5.41, 5.74) is 2.68. The summed E-state index contributed by atoms with van der Waals surface area (Å²) in [6.45, 7) is 1.59. The predicted octanol–water partition coefficient (Wildman–Crippen LogP) is 6.44. The molecule has 2 aromatic carbocycles. The number of nitrogens with one attached hydrogen (secondary N) is 1. The molecule has 2 amide bonds. The smallest absolute Gasteiger partial charge is 0.244 e. The van der Waals surface area contributed by atoms with Crippen LogP contribution in [-0.2, 0) is 31.6 Å². The first-order chi connectivity index (χ1) is 21.0. The molecule has 1 atom stereocenters. The molecule has 7 nitrogen and oxygen atoms in total. The summed E-state index contributed by atoms with van der Waals surface area (Å²) in [6, 6.07) is 14.5. The van der Waals surface area contributed by atoms with E-state index in [0.29, 0.717) is 22.7 Å². The molecule has 2 aromatic rings. The van der Waals surface area contributed by atoms with Crippen LogP contribution in [0.25, 0.3) is 0 Å². The Morgan fingerprint density at radius 2 is 1.55 bits per heavy atom. The average Bonchev–Trinajstić information content (AvgIpc) is 3.48. The van der Waals surface area contributed by atoms with Crippen molar-refractivity contribution in [3.63, 3.8) is 0 Å². The van der Waals surface area contributed by atoms with Crippen LogP contribution in [0, 0.1) is 17.8 Å². The molecule has 1 N–H and O–H groups in total. The Bertz CT molecular complexity index is 1440. The van der Waals surface area contributed by atoms with Crippen LogP contribution in [0.15, 0.2) is 48.5 Å². The minimum atomic E-state index is -3.80. The van der Waals surface area contributed by atoms with E-state index < -0.39 is 28.5 Å². The van der Waals surface area contributed by atoms with Gasteiger partial charge in [-0.25, -0.2) is 8.42 Å². The lowest BCUT2D eigenvalue weighted by atomic mass is 9.48. The van der Waals surface area contributed by atoms with Gasteiger partial charge in [0.15, 0.2) is 0 Å². The molecule has 7 rings (SSSR count). The molecule has 9 heteroatoms. The first kappa shape index (κ1) is 31.4. The lowest BCUT2D eigenvalue weighted by molar-refractivity contribution is -0.140. The number of amides is 2. The molecule has 0 heterocycles. The van der Waals surface area contributed by atoms with Gasteiger partial charge in [0.2, 0.25) is 21.8 Å². The third kappa shape index (κ3) is 6.53. The number of benzene rings is 2. The second kappa shape index (κ2) is 12.7. The Morgan fingerprint density at radius 1 is 0.955 bits per heavy atom. The van der Waals surface area contributed by atoms with Crippen molar-refractivity contribution in [2.24, 2.45) is 17.8 Å². The van der Waals surface area contributed by atoms with Crippen LogP contribution >= 0.6 is 11.6 Å². The molecular formula is C35H46ClN3O4S. The molecule has 5 aliphatic carbocycles. The summed E-state index contributed by atoms with van der Waals surface area (Å²) in [6.07, 6.45) is 13.3. The number of carbonyl (C=O) groups is 2. The molecule has 0 aliphatic heterocycles. The Hall–Kier alpha value is -2.58. The lowest BCUT2D eigenvalue weighted by Gasteiger charge is -2.57. The second-order valence-electron chi connectivity index (χ2n) is 14.0. The SMILES string of the molecule is CCC(C(=O)NC1CCCC1)N(Cc1ccccc1Cl)C(=O)CN(c1ccc(C23CC4CC(CC(C4)C2)C3)cc1)S(C)(=O)=O. The van der Waals surface area contributed by atoms with Crippen molar-refractivity contribution < 1.29 is 18.0 Å². The number of carbonyl (C=O) groups excluding carboxylic acids is 2. The van der Waals surface area contributed by atoms with Crippen LogP contribution in [0.2, 0.25) is 5.02 Å². The van der Waals surface area contributed by atoms with Crippen molar-refractivity contribution >= 4 is 39.1 Å². The number of sulfonamides is 1. The van der Waals surface area contributed by atoms with Crippen molar-refractivity contribution in [3.05, 3.63) is 64.7 Å². The molecule has 1 unspecified atom stereocenters. The monoisotopic (exact) mass is 639 g/mol. The fraction of sp³-hybridized carbons (Fsp3) is 0.600. The van der Waals surface area contributed by atoms with Gasteiger partial charge in [-0.1, -0.05) is 61.7 Å². The highest BCUT2D eigenvalue weighted by atomic mass is 35.5. The number of hydrogen-bond donors (Lipinski definition) is 1.